The fourth-order valence-corrected chi connectivity index (χ4v) is 4.02. The smallest absolute Gasteiger partial charge is 0.491 e. The largest absolute Gasteiger partial charge is 0.494 e. The summed E-state index contributed by atoms with van der Waals surface area (Å²) in [6.45, 7) is 5.08. The van der Waals surface area contributed by atoms with Crippen molar-refractivity contribution >= 4 is 17.6 Å². The minimum absolute atomic E-state index is 0.332. The quantitative estimate of drug-likeness (QED) is 0.364. The maximum Gasteiger partial charge on any atom is 0.491 e. The van der Waals surface area contributed by atoms with Crippen molar-refractivity contribution in [2.24, 2.45) is 5.92 Å². The van der Waals surface area contributed by atoms with Crippen LogP contribution >= 0.6 is 0 Å². The van der Waals surface area contributed by atoms with Crippen LogP contribution in [0.5, 0.6) is 5.75 Å². The molecule has 172 valence electrons. The molecule has 0 unspecified atom stereocenters. The molecule has 1 aromatic rings. The van der Waals surface area contributed by atoms with Crippen molar-refractivity contribution in [3.05, 3.63) is 24.3 Å². The van der Waals surface area contributed by atoms with Crippen LogP contribution in [0.1, 0.15) is 38.5 Å². The number of hydrogen-bond donors (Lipinski definition) is 0. The van der Waals surface area contributed by atoms with Gasteiger partial charge < -0.3 is 19.3 Å². The van der Waals surface area contributed by atoms with E-state index in [2.05, 4.69) is 14.5 Å². The first kappa shape index (κ1) is 23.4. The lowest BCUT2D eigenvalue weighted by atomic mass is 9.96. The van der Waals surface area contributed by atoms with Crippen LogP contribution < -0.4 is 9.64 Å². The van der Waals surface area contributed by atoms with Crippen LogP contribution in [0, 0.1) is 5.92 Å². The van der Waals surface area contributed by atoms with Gasteiger partial charge in [-0.1, -0.05) is 6.42 Å². The average molecular weight is 442 g/mol. The van der Waals surface area contributed by atoms with Crippen LogP contribution in [0.3, 0.4) is 0 Å². The van der Waals surface area contributed by atoms with Crippen molar-refractivity contribution in [1.29, 1.82) is 0 Å². The average Bonchev–Trinajstić information content (AvgIpc) is 2.77. The zero-order valence-corrected chi connectivity index (χ0v) is 17.5. The molecule has 1 aromatic carbocycles. The second-order valence-corrected chi connectivity index (χ2v) is 8.07. The van der Waals surface area contributed by atoms with E-state index in [1.54, 1.807) is 0 Å². The highest BCUT2D eigenvalue weighted by atomic mass is 19.4. The lowest BCUT2D eigenvalue weighted by molar-refractivity contribution is -0.203. The molecule has 0 aromatic heterocycles. The molecule has 0 saturated carbocycles. The van der Waals surface area contributed by atoms with Gasteiger partial charge in [-0.3, -0.25) is 4.79 Å². The van der Waals surface area contributed by atoms with E-state index in [1.807, 2.05) is 24.3 Å². The summed E-state index contributed by atoms with van der Waals surface area (Å²) in [6, 6.07) is 7.68. The molecule has 3 rings (SSSR count). The van der Waals surface area contributed by atoms with Gasteiger partial charge in [-0.15, -0.1) is 0 Å². The van der Waals surface area contributed by atoms with Crippen molar-refractivity contribution in [2.75, 3.05) is 44.2 Å². The van der Waals surface area contributed by atoms with Gasteiger partial charge in [0.15, 0.2) is 0 Å². The molecule has 0 bridgehead atoms. The summed E-state index contributed by atoms with van der Waals surface area (Å²) < 4.78 is 46.5. The molecule has 9 heteroatoms. The molecule has 0 N–H and O–H groups in total. The van der Waals surface area contributed by atoms with Crippen LogP contribution in [0.2, 0.25) is 0 Å². The third-order valence-electron chi connectivity index (χ3n) is 5.79. The van der Waals surface area contributed by atoms with Crippen molar-refractivity contribution in [2.45, 2.75) is 44.7 Å². The Bertz CT molecular complexity index is 725. The Labute approximate surface area is 180 Å². The third-order valence-corrected chi connectivity index (χ3v) is 5.79. The number of esters is 2. The van der Waals surface area contributed by atoms with Crippen LogP contribution in [0.15, 0.2) is 24.3 Å². The lowest BCUT2D eigenvalue weighted by Gasteiger charge is -2.32. The van der Waals surface area contributed by atoms with E-state index >= 15 is 0 Å². The molecule has 31 heavy (non-hydrogen) atoms. The highest BCUT2D eigenvalue weighted by Crippen LogP contribution is 2.27. The Morgan fingerprint density at radius 2 is 1.61 bits per heavy atom. The number of rotatable bonds is 7. The number of carbonyl (C=O) groups is 2. The zero-order valence-electron chi connectivity index (χ0n) is 17.5. The number of likely N-dealkylation sites (tertiary alicyclic amines) is 1. The number of piperidine rings is 2. The van der Waals surface area contributed by atoms with Gasteiger partial charge in [-0.05, 0) is 69.5 Å². The maximum absolute atomic E-state index is 12.2. The first-order valence-electron chi connectivity index (χ1n) is 10.9. The number of carbonyl (C=O) groups excluding carboxylic acids is 2. The van der Waals surface area contributed by atoms with Crippen molar-refractivity contribution < 1.29 is 32.2 Å². The number of anilines is 1. The molecule has 2 saturated heterocycles. The molecule has 0 aliphatic carbocycles. The molecule has 0 amide bonds. The molecule has 0 spiro atoms. The first-order valence-corrected chi connectivity index (χ1v) is 10.9. The Hall–Kier alpha value is -2.29. The second kappa shape index (κ2) is 10.8. The van der Waals surface area contributed by atoms with E-state index in [0.717, 1.165) is 24.4 Å². The summed E-state index contributed by atoms with van der Waals surface area (Å²) in [4.78, 5) is 27.1. The van der Waals surface area contributed by atoms with Gasteiger partial charge in [-0.2, -0.15) is 13.2 Å². The Morgan fingerprint density at radius 1 is 0.968 bits per heavy atom. The minimum Gasteiger partial charge on any atom is -0.494 e. The number of nitrogens with zero attached hydrogens (tertiary/aromatic N) is 2. The Balaban J connectivity index is 1.37. The van der Waals surface area contributed by atoms with E-state index in [1.165, 1.54) is 32.4 Å². The monoisotopic (exact) mass is 442 g/mol. The minimum atomic E-state index is -5.16. The molecule has 6 nitrogen and oxygen atoms in total. The second-order valence-electron chi connectivity index (χ2n) is 8.07. The molecule has 0 atom stereocenters. The van der Waals surface area contributed by atoms with Gasteiger partial charge in [0.05, 0.1) is 12.5 Å². The van der Waals surface area contributed by atoms with E-state index in [9.17, 15) is 22.8 Å². The summed E-state index contributed by atoms with van der Waals surface area (Å²) in [5.41, 5.74) is 0.957. The van der Waals surface area contributed by atoms with Gasteiger partial charge in [0.2, 0.25) is 0 Å². The zero-order chi connectivity index (χ0) is 22.3. The summed E-state index contributed by atoms with van der Waals surface area (Å²) >= 11 is 0. The Kier molecular flexibility index (Phi) is 8.17. The van der Waals surface area contributed by atoms with Crippen LogP contribution in [0.25, 0.3) is 0 Å². The van der Waals surface area contributed by atoms with Crippen molar-refractivity contribution in [3.63, 3.8) is 0 Å². The summed E-state index contributed by atoms with van der Waals surface area (Å²) in [5.74, 6) is -3.46. The molecule has 2 aliphatic heterocycles. The lowest BCUT2D eigenvalue weighted by Crippen LogP contribution is -2.38. The number of alkyl halides is 3. The topological polar surface area (TPSA) is 59.1 Å². The molecule has 2 heterocycles. The number of hydrogen-bond acceptors (Lipinski definition) is 6. The number of ether oxygens (including phenoxy) is 2. The fraction of sp³-hybridized carbons (Fsp3) is 0.636. The van der Waals surface area contributed by atoms with E-state index in [-0.39, 0.29) is 0 Å². The highest BCUT2D eigenvalue weighted by molar-refractivity contribution is 5.89. The van der Waals surface area contributed by atoms with Crippen LogP contribution in [-0.2, 0) is 14.3 Å². The van der Waals surface area contributed by atoms with E-state index in [0.29, 0.717) is 32.5 Å². The SMILES string of the molecule is O=C(OC(=O)C(F)(F)F)C1CCN(c2ccc(OCCCN3CCCCC3)cc2)CC1. The van der Waals surface area contributed by atoms with Gasteiger partial charge in [0.25, 0.3) is 0 Å². The normalized spacial score (nSPS) is 18.6. The van der Waals surface area contributed by atoms with E-state index < -0.39 is 24.0 Å². The van der Waals surface area contributed by atoms with Gasteiger partial charge in [0.1, 0.15) is 5.75 Å². The standard InChI is InChI=1S/C22H29F3N2O4/c23-22(24,25)21(29)31-20(28)17-9-14-27(15-10-17)18-5-7-19(8-6-18)30-16-4-13-26-11-2-1-3-12-26/h5-8,17H,1-4,9-16H2. The summed E-state index contributed by atoms with van der Waals surface area (Å²) in [7, 11) is 0. The van der Waals surface area contributed by atoms with Crippen molar-refractivity contribution in [3.8, 4) is 5.75 Å². The molecular formula is C22H29F3N2O4. The summed E-state index contributed by atoms with van der Waals surface area (Å²) in [6.07, 6.45) is 0.394. The van der Waals surface area contributed by atoms with Crippen LogP contribution in [-0.4, -0.2) is 62.3 Å². The molecule has 0 radical (unpaired) electrons. The highest BCUT2D eigenvalue weighted by Gasteiger charge is 2.43. The fourth-order valence-electron chi connectivity index (χ4n) is 4.02. The predicted octanol–water partition coefficient (Wildman–Crippen LogP) is 3.79. The molecule has 2 fully saturated rings. The van der Waals surface area contributed by atoms with Crippen molar-refractivity contribution in [1.82, 2.24) is 4.90 Å². The maximum atomic E-state index is 12.2. The Morgan fingerprint density at radius 3 is 2.23 bits per heavy atom. The molecule has 2 aliphatic rings. The van der Waals surface area contributed by atoms with E-state index in [4.69, 9.17) is 4.74 Å². The number of halogens is 3. The molecular weight excluding hydrogens is 413 g/mol. The first-order chi connectivity index (χ1) is 14.8. The number of benzene rings is 1. The predicted molar refractivity (Wildman–Crippen MR) is 109 cm³/mol. The summed E-state index contributed by atoms with van der Waals surface area (Å²) in [5, 5.41) is 0. The van der Waals surface area contributed by atoms with Gasteiger partial charge in [0, 0.05) is 25.3 Å². The van der Waals surface area contributed by atoms with Gasteiger partial charge >= 0.3 is 18.1 Å². The third kappa shape index (κ3) is 7.12. The van der Waals surface area contributed by atoms with Crippen LogP contribution in [0.4, 0.5) is 18.9 Å². The van der Waals surface area contributed by atoms with Gasteiger partial charge in [-0.25, -0.2) is 4.79 Å².